The summed E-state index contributed by atoms with van der Waals surface area (Å²) >= 11 is 0. The Kier molecular flexibility index (Phi) is 8.34. The molecule has 3 fully saturated rings. The molecule has 5 atom stereocenters. The number of sulfonamides is 1. The second-order valence-corrected chi connectivity index (χ2v) is 13.4. The summed E-state index contributed by atoms with van der Waals surface area (Å²) in [6.45, 7) is 11.3. The molecule has 3 aliphatic heterocycles. The van der Waals surface area contributed by atoms with Gasteiger partial charge in [-0.1, -0.05) is 35.6 Å². The molecule has 5 rings (SSSR count). The predicted molar refractivity (Wildman–Crippen MR) is 154 cm³/mol. The van der Waals surface area contributed by atoms with Crippen molar-refractivity contribution in [2.24, 2.45) is 0 Å². The molecule has 2 aromatic carbocycles. The minimum Gasteiger partial charge on any atom is -0.497 e. The van der Waals surface area contributed by atoms with Crippen LogP contribution in [0.15, 0.2) is 65.4 Å². The molecule has 42 heavy (non-hydrogen) atoms. The molecule has 0 unspecified atom stereocenters. The summed E-state index contributed by atoms with van der Waals surface area (Å²) in [4.78, 5) is 0.170. The lowest BCUT2D eigenvalue weighted by molar-refractivity contribution is -0.326. The summed E-state index contributed by atoms with van der Waals surface area (Å²) < 4.78 is 71.4. The zero-order valence-electron chi connectivity index (χ0n) is 25.0. The summed E-state index contributed by atoms with van der Waals surface area (Å²) in [5.41, 5.74) is 5.42. The van der Waals surface area contributed by atoms with Gasteiger partial charge in [0.2, 0.25) is 15.8 Å². The Bertz CT molecular complexity index is 1440. The Morgan fingerprint density at radius 2 is 1.71 bits per heavy atom. The van der Waals surface area contributed by atoms with Gasteiger partial charge in [0.05, 0.1) is 24.7 Å². The SMILES string of the molecule is COc1ccc(C(=C=CO[C@H]2[C@@H]3OC(C)(C)O[C@@H]3CO[C@]23COC(C)(C)O3)[C@H](C)NS(=O)(=O)c2ccc(C)cc2)cc1. The summed E-state index contributed by atoms with van der Waals surface area (Å²) in [7, 11) is -2.24. The molecular formula is C31H39NO9S. The van der Waals surface area contributed by atoms with Gasteiger partial charge in [0.25, 0.3) is 0 Å². The van der Waals surface area contributed by atoms with Crippen LogP contribution >= 0.6 is 0 Å². The van der Waals surface area contributed by atoms with Gasteiger partial charge in [-0.25, -0.2) is 13.1 Å². The summed E-state index contributed by atoms with van der Waals surface area (Å²) in [6.07, 6.45) is -0.241. The van der Waals surface area contributed by atoms with Crippen LogP contribution in [0.1, 0.15) is 45.7 Å². The molecule has 2 aromatic rings. The molecule has 0 saturated carbocycles. The maximum atomic E-state index is 13.2. The standard InChI is InChI=1S/C31H39NO9S/c1-20-8-14-24(15-9-20)42(33,34)32-21(2)25(22-10-12-23(35-7)13-11-22)16-17-36-28-27-26(39-30(5,6)40-27)18-37-31(28)19-38-29(3,4)41-31/h8-15,17,21,26-28,32H,18-19H2,1-7H3/t16?,21-,26+,27+,28-,31-/m0/s1. The molecule has 11 heteroatoms. The molecule has 0 radical (unpaired) electrons. The van der Waals surface area contributed by atoms with E-state index < -0.39 is 45.6 Å². The first-order valence-electron chi connectivity index (χ1n) is 13.9. The van der Waals surface area contributed by atoms with Crippen LogP contribution in [-0.2, 0) is 38.4 Å². The molecule has 3 heterocycles. The highest BCUT2D eigenvalue weighted by molar-refractivity contribution is 7.89. The minimum atomic E-state index is -3.83. The van der Waals surface area contributed by atoms with E-state index in [1.54, 1.807) is 50.4 Å². The third-order valence-electron chi connectivity index (χ3n) is 7.41. The van der Waals surface area contributed by atoms with Crippen molar-refractivity contribution in [2.45, 2.75) is 88.2 Å². The van der Waals surface area contributed by atoms with Gasteiger partial charge < -0.3 is 33.2 Å². The number of ether oxygens (including phenoxy) is 7. The van der Waals surface area contributed by atoms with Gasteiger partial charge in [-0.2, -0.15) is 0 Å². The molecule has 10 nitrogen and oxygen atoms in total. The lowest BCUT2D eigenvalue weighted by Crippen LogP contribution is -2.62. The Morgan fingerprint density at radius 1 is 1.02 bits per heavy atom. The summed E-state index contributed by atoms with van der Waals surface area (Å²) in [5.74, 6) is -2.29. The van der Waals surface area contributed by atoms with E-state index in [1.165, 1.54) is 6.26 Å². The topological polar surface area (TPSA) is 111 Å². The fourth-order valence-corrected chi connectivity index (χ4v) is 6.64. The van der Waals surface area contributed by atoms with E-state index >= 15 is 0 Å². The molecule has 3 aliphatic rings. The van der Waals surface area contributed by atoms with Crippen LogP contribution in [0.4, 0.5) is 0 Å². The van der Waals surface area contributed by atoms with Crippen LogP contribution in [0.25, 0.3) is 5.57 Å². The van der Waals surface area contributed by atoms with Crippen LogP contribution in [-0.4, -0.2) is 70.5 Å². The van der Waals surface area contributed by atoms with Crippen molar-refractivity contribution in [1.29, 1.82) is 0 Å². The van der Waals surface area contributed by atoms with E-state index in [0.717, 1.165) is 11.1 Å². The lowest BCUT2D eigenvalue weighted by atomic mass is 9.97. The summed E-state index contributed by atoms with van der Waals surface area (Å²) in [6, 6.07) is 13.3. The van der Waals surface area contributed by atoms with Gasteiger partial charge in [-0.05, 0) is 71.4 Å². The molecule has 228 valence electrons. The van der Waals surface area contributed by atoms with Crippen LogP contribution < -0.4 is 9.46 Å². The first-order chi connectivity index (χ1) is 19.7. The van der Waals surface area contributed by atoms with Crippen molar-refractivity contribution in [2.75, 3.05) is 20.3 Å². The fraction of sp³-hybridized carbons (Fsp3) is 0.516. The van der Waals surface area contributed by atoms with E-state index in [-0.39, 0.29) is 24.2 Å². The number of rotatable bonds is 8. The number of fused-ring (bicyclic) bond motifs is 1. The van der Waals surface area contributed by atoms with Gasteiger partial charge in [0, 0.05) is 5.57 Å². The van der Waals surface area contributed by atoms with Gasteiger partial charge in [-0.3, -0.25) is 0 Å². The van der Waals surface area contributed by atoms with Crippen LogP contribution in [0.3, 0.4) is 0 Å². The second kappa shape index (κ2) is 11.4. The number of aryl methyl sites for hydroxylation is 1. The Labute approximate surface area is 247 Å². The van der Waals surface area contributed by atoms with E-state index in [2.05, 4.69) is 10.5 Å². The largest absolute Gasteiger partial charge is 0.497 e. The van der Waals surface area contributed by atoms with Gasteiger partial charge in [0.1, 0.15) is 30.8 Å². The molecule has 0 amide bonds. The van der Waals surface area contributed by atoms with E-state index in [4.69, 9.17) is 33.2 Å². The molecule has 3 saturated heterocycles. The van der Waals surface area contributed by atoms with Crippen LogP contribution in [0.2, 0.25) is 0 Å². The number of benzene rings is 2. The Morgan fingerprint density at radius 3 is 2.33 bits per heavy atom. The van der Waals surface area contributed by atoms with Crippen molar-refractivity contribution < 1.29 is 41.6 Å². The maximum absolute atomic E-state index is 13.2. The van der Waals surface area contributed by atoms with Gasteiger partial charge in [-0.15, -0.1) is 0 Å². The quantitative estimate of drug-likeness (QED) is 0.350. The maximum Gasteiger partial charge on any atom is 0.241 e. The highest BCUT2D eigenvalue weighted by Gasteiger charge is 2.63. The van der Waals surface area contributed by atoms with Crippen LogP contribution in [0, 0.1) is 6.92 Å². The lowest BCUT2D eigenvalue weighted by Gasteiger charge is -2.43. The van der Waals surface area contributed by atoms with Crippen LogP contribution in [0.5, 0.6) is 5.75 Å². The molecule has 0 aliphatic carbocycles. The zero-order valence-corrected chi connectivity index (χ0v) is 25.8. The summed E-state index contributed by atoms with van der Waals surface area (Å²) in [5, 5.41) is 0. The molecule has 0 bridgehead atoms. The third kappa shape index (κ3) is 6.44. The minimum absolute atomic E-state index is 0.132. The van der Waals surface area contributed by atoms with E-state index in [9.17, 15) is 8.42 Å². The van der Waals surface area contributed by atoms with Crippen molar-refractivity contribution in [3.8, 4) is 5.75 Å². The zero-order chi connectivity index (χ0) is 30.3. The van der Waals surface area contributed by atoms with Crippen molar-refractivity contribution >= 4 is 15.6 Å². The first-order valence-corrected chi connectivity index (χ1v) is 15.4. The molecule has 0 aromatic heterocycles. The first kappa shape index (κ1) is 30.7. The van der Waals surface area contributed by atoms with Crippen molar-refractivity contribution in [3.63, 3.8) is 0 Å². The Balaban J connectivity index is 1.48. The smallest absolute Gasteiger partial charge is 0.241 e. The molecule has 1 spiro atoms. The molecule has 1 N–H and O–H groups in total. The number of nitrogens with one attached hydrogen (secondary N) is 1. The number of hydrogen-bond acceptors (Lipinski definition) is 9. The normalized spacial score (nSPS) is 28.5. The third-order valence-corrected chi connectivity index (χ3v) is 8.97. The molecular weight excluding hydrogens is 562 g/mol. The average Bonchev–Trinajstić information content (AvgIpc) is 3.42. The number of methoxy groups -OCH3 is 1. The van der Waals surface area contributed by atoms with Gasteiger partial charge >= 0.3 is 0 Å². The predicted octanol–water partition coefficient (Wildman–Crippen LogP) is 4.28. The number of hydrogen-bond donors (Lipinski definition) is 1. The second-order valence-electron chi connectivity index (χ2n) is 11.7. The van der Waals surface area contributed by atoms with E-state index in [0.29, 0.717) is 11.3 Å². The highest BCUT2D eigenvalue weighted by atomic mass is 32.2. The average molecular weight is 602 g/mol. The van der Waals surface area contributed by atoms with Gasteiger partial charge in [0.15, 0.2) is 17.7 Å². The van der Waals surface area contributed by atoms with Crippen molar-refractivity contribution in [1.82, 2.24) is 4.72 Å². The van der Waals surface area contributed by atoms with Crippen molar-refractivity contribution in [3.05, 3.63) is 71.7 Å². The van der Waals surface area contributed by atoms with E-state index in [1.807, 2.05) is 46.8 Å². The fourth-order valence-electron chi connectivity index (χ4n) is 5.42. The Hall–Kier alpha value is -2.73. The highest BCUT2D eigenvalue weighted by Crippen LogP contribution is 2.45. The monoisotopic (exact) mass is 601 g/mol.